The molecule has 9 nitrogen and oxygen atoms in total. The molecule has 0 bridgehead atoms. The van der Waals surface area contributed by atoms with Gasteiger partial charge in [0, 0.05) is 6.42 Å². The third kappa shape index (κ3) is 6.93. The van der Waals surface area contributed by atoms with E-state index < -0.39 is 30.0 Å². The minimum Gasteiger partial charge on any atom is -0.497 e. The maximum atomic E-state index is 11.5. The summed E-state index contributed by atoms with van der Waals surface area (Å²) in [5, 5.41) is 20.7. The van der Waals surface area contributed by atoms with Crippen molar-refractivity contribution in [3.63, 3.8) is 0 Å². The molecule has 0 saturated carbocycles. The smallest absolute Gasteiger partial charge is 0.352 e. The van der Waals surface area contributed by atoms with Gasteiger partial charge in [0.05, 0.1) is 13.5 Å². The molecule has 23 heavy (non-hydrogen) atoms. The van der Waals surface area contributed by atoms with E-state index in [1.54, 1.807) is 24.3 Å². The van der Waals surface area contributed by atoms with Crippen LogP contribution in [0.25, 0.3) is 0 Å². The molecule has 0 unspecified atom stereocenters. The summed E-state index contributed by atoms with van der Waals surface area (Å²) in [6, 6.07) is 6.51. The number of hydrogen-bond donors (Lipinski definition) is 3. The normalized spacial score (nSPS) is 10.7. The van der Waals surface area contributed by atoms with Gasteiger partial charge in [-0.3, -0.25) is 9.59 Å². The van der Waals surface area contributed by atoms with E-state index in [9.17, 15) is 14.4 Å². The molecule has 1 amide bonds. The number of hydrazone groups is 1. The van der Waals surface area contributed by atoms with Crippen molar-refractivity contribution >= 4 is 23.6 Å². The average molecular weight is 324 g/mol. The van der Waals surface area contributed by atoms with Gasteiger partial charge in [-0.1, -0.05) is 0 Å². The number of rotatable bonds is 9. The summed E-state index contributed by atoms with van der Waals surface area (Å²) in [5.41, 5.74) is 1.55. The third-order valence-electron chi connectivity index (χ3n) is 2.57. The van der Waals surface area contributed by atoms with Crippen LogP contribution in [-0.4, -0.2) is 47.5 Å². The summed E-state index contributed by atoms with van der Waals surface area (Å²) in [7, 11) is 1.52. The van der Waals surface area contributed by atoms with Crippen LogP contribution in [0, 0.1) is 0 Å². The summed E-state index contributed by atoms with van der Waals surface area (Å²) in [6.45, 7) is -0.373. The molecule has 9 heteroatoms. The fourth-order valence-electron chi connectivity index (χ4n) is 1.42. The Kier molecular flexibility index (Phi) is 7.05. The fraction of sp³-hybridized carbons (Fsp3) is 0.286. The van der Waals surface area contributed by atoms with Crippen molar-refractivity contribution in [2.24, 2.45) is 5.10 Å². The van der Waals surface area contributed by atoms with Crippen molar-refractivity contribution in [2.75, 3.05) is 13.7 Å². The fourth-order valence-corrected chi connectivity index (χ4v) is 1.42. The molecule has 0 heterocycles. The van der Waals surface area contributed by atoms with Gasteiger partial charge in [0.1, 0.15) is 17.2 Å². The minimum atomic E-state index is -1.40. The van der Waals surface area contributed by atoms with Crippen LogP contribution in [0.2, 0.25) is 0 Å². The predicted molar refractivity (Wildman–Crippen MR) is 78.6 cm³/mol. The summed E-state index contributed by atoms with van der Waals surface area (Å²) < 4.78 is 10.2. The lowest BCUT2D eigenvalue weighted by Crippen LogP contribution is -2.28. The Morgan fingerprint density at radius 2 is 1.70 bits per heavy atom. The third-order valence-corrected chi connectivity index (χ3v) is 2.57. The molecule has 124 valence electrons. The van der Waals surface area contributed by atoms with Gasteiger partial charge in [0.2, 0.25) is 0 Å². The number of carboxylic acids is 2. The van der Waals surface area contributed by atoms with Crippen LogP contribution in [0.15, 0.2) is 29.4 Å². The largest absolute Gasteiger partial charge is 0.497 e. The lowest BCUT2D eigenvalue weighted by molar-refractivity contribution is -0.136. The van der Waals surface area contributed by atoms with Gasteiger partial charge < -0.3 is 19.7 Å². The molecule has 0 aromatic heterocycles. The van der Waals surface area contributed by atoms with Crippen LogP contribution in [0.1, 0.15) is 12.8 Å². The summed E-state index contributed by atoms with van der Waals surface area (Å²) >= 11 is 0. The van der Waals surface area contributed by atoms with Crippen LogP contribution in [0.5, 0.6) is 11.5 Å². The molecule has 0 saturated heterocycles. The van der Waals surface area contributed by atoms with Crippen molar-refractivity contribution in [1.29, 1.82) is 0 Å². The zero-order valence-corrected chi connectivity index (χ0v) is 12.3. The molecule has 0 aliphatic rings. The molecular formula is C14H16N2O7. The quantitative estimate of drug-likeness (QED) is 0.444. The molecule has 0 aliphatic heterocycles. The molecule has 1 aromatic rings. The number of carboxylic acid groups (broad SMARTS) is 2. The number of hydrogen-bond acceptors (Lipinski definition) is 6. The van der Waals surface area contributed by atoms with Crippen LogP contribution < -0.4 is 14.9 Å². The van der Waals surface area contributed by atoms with E-state index in [0.717, 1.165) is 0 Å². The van der Waals surface area contributed by atoms with Gasteiger partial charge >= 0.3 is 11.9 Å². The summed E-state index contributed by atoms with van der Waals surface area (Å²) in [5.74, 6) is -2.17. The summed E-state index contributed by atoms with van der Waals surface area (Å²) in [6.07, 6.45) is -0.701. The van der Waals surface area contributed by atoms with Gasteiger partial charge in [-0.25, -0.2) is 10.2 Å². The Labute approximate surface area is 131 Å². The first-order chi connectivity index (χ1) is 10.9. The molecule has 0 radical (unpaired) electrons. The van der Waals surface area contributed by atoms with E-state index in [1.165, 1.54) is 7.11 Å². The number of nitrogens with zero attached hydrogens (tertiary/aromatic N) is 1. The molecule has 1 rings (SSSR count). The Morgan fingerprint density at radius 1 is 1.09 bits per heavy atom. The Bertz CT molecular complexity index is 596. The van der Waals surface area contributed by atoms with E-state index in [2.05, 4.69) is 5.10 Å². The Morgan fingerprint density at radius 3 is 2.22 bits per heavy atom. The number of ether oxygens (including phenoxy) is 2. The maximum absolute atomic E-state index is 11.5. The van der Waals surface area contributed by atoms with Crippen molar-refractivity contribution in [1.82, 2.24) is 5.43 Å². The van der Waals surface area contributed by atoms with E-state index in [-0.39, 0.29) is 13.0 Å². The van der Waals surface area contributed by atoms with E-state index in [4.69, 9.17) is 19.7 Å². The Balaban J connectivity index is 2.48. The predicted octanol–water partition coefficient (Wildman–Crippen LogP) is 0.496. The van der Waals surface area contributed by atoms with Crippen LogP contribution in [-0.2, 0) is 14.4 Å². The maximum Gasteiger partial charge on any atom is 0.352 e. The molecule has 0 aliphatic carbocycles. The topological polar surface area (TPSA) is 135 Å². The van der Waals surface area contributed by atoms with Crippen molar-refractivity contribution < 1.29 is 34.1 Å². The number of benzene rings is 1. The second-order valence-corrected chi connectivity index (χ2v) is 4.26. The number of carbonyl (C=O) groups excluding carboxylic acids is 1. The van der Waals surface area contributed by atoms with E-state index in [0.29, 0.717) is 11.5 Å². The highest BCUT2D eigenvalue weighted by Gasteiger charge is 2.12. The van der Waals surface area contributed by atoms with Crippen molar-refractivity contribution in [2.45, 2.75) is 12.8 Å². The highest BCUT2D eigenvalue weighted by molar-refractivity contribution is 6.35. The second-order valence-electron chi connectivity index (χ2n) is 4.26. The number of aliphatic carboxylic acids is 2. The van der Waals surface area contributed by atoms with Gasteiger partial charge in [0.25, 0.3) is 5.91 Å². The summed E-state index contributed by atoms with van der Waals surface area (Å²) in [4.78, 5) is 32.8. The van der Waals surface area contributed by atoms with Gasteiger partial charge in [0.15, 0.2) is 6.61 Å². The number of carbonyl (C=O) groups is 3. The minimum absolute atomic E-state index is 0.301. The van der Waals surface area contributed by atoms with Gasteiger partial charge in [-0.05, 0) is 24.3 Å². The zero-order valence-electron chi connectivity index (χ0n) is 12.3. The molecule has 1 aromatic carbocycles. The Hall–Kier alpha value is -3.10. The second kappa shape index (κ2) is 9.03. The number of nitrogens with one attached hydrogen (secondary N) is 1. The SMILES string of the molecule is COc1ccc(OCC(=O)NN=C(CCC(=O)O)C(=O)O)cc1. The van der Waals surface area contributed by atoms with Gasteiger partial charge in [-0.15, -0.1) is 0 Å². The van der Waals surface area contributed by atoms with Crippen molar-refractivity contribution in [3.8, 4) is 11.5 Å². The molecule has 0 fully saturated rings. The zero-order chi connectivity index (χ0) is 17.2. The standard InChI is InChI=1S/C14H16N2O7/c1-22-9-2-4-10(5-3-9)23-8-12(17)16-15-11(14(20)21)6-7-13(18)19/h2-5H,6-8H2,1H3,(H,16,17)(H,18,19)(H,20,21). The van der Waals surface area contributed by atoms with Gasteiger partial charge in [-0.2, -0.15) is 5.10 Å². The lowest BCUT2D eigenvalue weighted by Gasteiger charge is -2.06. The number of methoxy groups -OCH3 is 1. The van der Waals surface area contributed by atoms with Crippen molar-refractivity contribution in [3.05, 3.63) is 24.3 Å². The molecular weight excluding hydrogens is 308 g/mol. The average Bonchev–Trinajstić information content (AvgIpc) is 2.52. The highest BCUT2D eigenvalue weighted by atomic mass is 16.5. The molecule has 0 spiro atoms. The van der Waals surface area contributed by atoms with Crippen LogP contribution in [0.3, 0.4) is 0 Å². The lowest BCUT2D eigenvalue weighted by atomic mass is 10.2. The van der Waals surface area contributed by atoms with Crippen LogP contribution in [0.4, 0.5) is 0 Å². The first-order valence-electron chi connectivity index (χ1n) is 6.49. The van der Waals surface area contributed by atoms with E-state index >= 15 is 0 Å². The molecule has 0 atom stereocenters. The molecule has 3 N–H and O–H groups in total. The van der Waals surface area contributed by atoms with E-state index in [1.807, 2.05) is 5.43 Å². The number of amides is 1. The highest BCUT2D eigenvalue weighted by Crippen LogP contribution is 2.16. The monoisotopic (exact) mass is 324 g/mol. The first-order valence-corrected chi connectivity index (χ1v) is 6.49. The van der Waals surface area contributed by atoms with Crippen LogP contribution >= 0.6 is 0 Å². The first kappa shape index (κ1) is 18.0.